The highest BCUT2D eigenvalue weighted by Crippen LogP contribution is 2.15. The van der Waals surface area contributed by atoms with Crippen LogP contribution in [0.25, 0.3) is 0 Å². The topological polar surface area (TPSA) is 79.7 Å². The monoisotopic (exact) mass is 388 g/mol. The van der Waals surface area contributed by atoms with Gasteiger partial charge in [-0.2, -0.15) is 0 Å². The molecule has 1 unspecified atom stereocenters. The van der Waals surface area contributed by atoms with E-state index in [4.69, 9.17) is 14.2 Å². The second-order valence-electron chi connectivity index (χ2n) is 6.33. The number of hydrogen-bond acceptors (Lipinski definition) is 6. The number of ether oxygens (including phenoxy) is 3. The third kappa shape index (κ3) is 6.20. The molecule has 0 saturated carbocycles. The highest BCUT2D eigenvalue weighted by molar-refractivity contribution is 5.75. The average Bonchev–Trinajstić information content (AvgIpc) is 2.65. The number of benzene rings is 1. The van der Waals surface area contributed by atoms with Gasteiger partial charge in [0.15, 0.2) is 6.10 Å². The van der Waals surface area contributed by atoms with Crippen LogP contribution in [0.5, 0.6) is 5.75 Å². The van der Waals surface area contributed by atoms with Gasteiger partial charge in [-0.05, 0) is 45.4 Å². The summed E-state index contributed by atoms with van der Waals surface area (Å²) in [4.78, 5) is 28.3. The molecule has 2 aromatic rings. The van der Waals surface area contributed by atoms with Crippen molar-refractivity contribution in [2.75, 3.05) is 19.8 Å². The second-order valence-corrected chi connectivity index (χ2v) is 6.33. The Bertz CT molecular complexity index is 830. The van der Waals surface area contributed by atoms with Gasteiger partial charge in [-0.1, -0.05) is 12.1 Å². The van der Waals surface area contributed by atoms with E-state index >= 15 is 0 Å². The van der Waals surface area contributed by atoms with Gasteiger partial charge in [-0.25, -0.2) is 9.78 Å². The first-order chi connectivity index (χ1) is 13.4. The molecule has 152 valence electrons. The molecule has 1 heterocycles. The Hall–Kier alpha value is -2.67. The van der Waals surface area contributed by atoms with E-state index in [0.29, 0.717) is 50.1 Å². The lowest BCUT2D eigenvalue weighted by Crippen LogP contribution is -2.29. The van der Waals surface area contributed by atoms with E-state index in [-0.39, 0.29) is 11.5 Å². The summed E-state index contributed by atoms with van der Waals surface area (Å²) in [6, 6.07) is 8.98. The summed E-state index contributed by atoms with van der Waals surface area (Å²) in [5, 5.41) is 0. The molecular formula is C21H28N2O5. The Morgan fingerprint density at radius 2 is 1.86 bits per heavy atom. The molecule has 0 N–H and O–H groups in total. The number of carbonyl (C=O) groups is 1. The van der Waals surface area contributed by atoms with E-state index in [2.05, 4.69) is 4.98 Å². The van der Waals surface area contributed by atoms with Crippen LogP contribution >= 0.6 is 0 Å². The molecule has 0 bridgehead atoms. The Morgan fingerprint density at radius 3 is 2.46 bits per heavy atom. The van der Waals surface area contributed by atoms with Gasteiger partial charge in [0.05, 0.1) is 13.2 Å². The van der Waals surface area contributed by atoms with Crippen molar-refractivity contribution in [2.45, 2.75) is 46.8 Å². The minimum Gasteiger partial charge on any atom is -0.492 e. The molecule has 7 nitrogen and oxygen atoms in total. The molecule has 1 aromatic carbocycles. The van der Waals surface area contributed by atoms with Crippen molar-refractivity contribution in [1.29, 1.82) is 0 Å². The van der Waals surface area contributed by atoms with Gasteiger partial charge in [0.1, 0.15) is 18.2 Å². The van der Waals surface area contributed by atoms with E-state index < -0.39 is 6.10 Å². The number of aromatic nitrogens is 2. The molecule has 1 aromatic heterocycles. The first-order valence-electron chi connectivity index (χ1n) is 9.49. The summed E-state index contributed by atoms with van der Waals surface area (Å²) in [7, 11) is 0. The van der Waals surface area contributed by atoms with Crippen LogP contribution in [0.2, 0.25) is 0 Å². The number of carbonyl (C=O) groups excluding carboxylic acids is 1. The molecule has 0 saturated heterocycles. The van der Waals surface area contributed by atoms with E-state index in [1.54, 1.807) is 18.4 Å². The Labute approximate surface area is 165 Å². The molecule has 7 heteroatoms. The molecule has 0 radical (unpaired) electrons. The van der Waals surface area contributed by atoms with Gasteiger partial charge >= 0.3 is 5.97 Å². The van der Waals surface area contributed by atoms with Gasteiger partial charge in [0, 0.05) is 24.8 Å². The maximum Gasteiger partial charge on any atom is 0.335 e. The lowest BCUT2D eigenvalue weighted by atomic mass is 10.1. The van der Waals surface area contributed by atoms with Crippen LogP contribution < -0.4 is 10.3 Å². The van der Waals surface area contributed by atoms with Crippen molar-refractivity contribution in [3.8, 4) is 5.75 Å². The van der Waals surface area contributed by atoms with Crippen LogP contribution in [0.15, 0.2) is 35.1 Å². The maximum atomic E-state index is 12.0. The molecule has 0 aliphatic carbocycles. The molecule has 0 spiro atoms. The van der Waals surface area contributed by atoms with Gasteiger partial charge < -0.3 is 14.2 Å². The van der Waals surface area contributed by atoms with Crippen molar-refractivity contribution >= 4 is 5.97 Å². The highest BCUT2D eigenvalue weighted by atomic mass is 16.6. The number of nitrogens with zero attached hydrogens (tertiary/aromatic N) is 2. The molecule has 1 atom stereocenters. The third-order valence-electron chi connectivity index (χ3n) is 4.17. The van der Waals surface area contributed by atoms with Crippen LogP contribution in [-0.4, -0.2) is 41.4 Å². The Balaban J connectivity index is 1.92. The van der Waals surface area contributed by atoms with Crippen LogP contribution in [0.1, 0.15) is 30.9 Å². The van der Waals surface area contributed by atoms with E-state index in [9.17, 15) is 9.59 Å². The lowest BCUT2D eigenvalue weighted by Gasteiger charge is -2.16. The zero-order valence-corrected chi connectivity index (χ0v) is 16.9. The van der Waals surface area contributed by atoms with Crippen molar-refractivity contribution < 1.29 is 19.0 Å². The van der Waals surface area contributed by atoms with Gasteiger partial charge in [-0.15, -0.1) is 0 Å². The quantitative estimate of drug-likeness (QED) is 0.582. The molecule has 2 rings (SSSR count). The summed E-state index contributed by atoms with van der Waals surface area (Å²) >= 11 is 0. The largest absolute Gasteiger partial charge is 0.492 e. The molecule has 0 aliphatic rings. The standard InChI is InChI=1S/C21H28N2O5/c1-5-26-19(21(25)27-6-2)14-17-7-9-18(10-8-17)28-12-11-23-16(4)22-15(3)13-20(23)24/h7-10,13,19H,5-6,11-12,14H2,1-4H3. The number of hydrogen-bond donors (Lipinski definition) is 0. The van der Waals surface area contributed by atoms with Gasteiger partial charge in [0.25, 0.3) is 5.56 Å². The van der Waals surface area contributed by atoms with Crippen molar-refractivity contribution in [2.24, 2.45) is 0 Å². The minimum atomic E-state index is -0.611. The van der Waals surface area contributed by atoms with Crippen molar-refractivity contribution in [3.63, 3.8) is 0 Å². The summed E-state index contributed by atoms with van der Waals surface area (Å²) in [5.41, 5.74) is 1.59. The molecular weight excluding hydrogens is 360 g/mol. The SMILES string of the molecule is CCOC(=O)C(Cc1ccc(OCCn2c(C)nc(C)cc2=O)cc1)OCC. The van der Waals surface area contributed by atoms with Crippen LogP contribution in [-0.2, 0) is 27.2 Å². The van der Waals surface area contributed by atoms with E-state index in [0.717, 1.165) is 5.56 Å². The van der Waals surface area contributed by atoms with Crippen LogP contribution in [0.3, 0.4) is 0 Å². The zero-order chi connectivity index (χ0) is 20.5. The number of esters is 1. The minimum absolute atomic E-state index is 0.0788. The number of aryl methyl sites for hydroxylation is 2. The van der Waals surface area contributed by atoms with Gasteiger partial charge in [-0.3, -0.25) is 9.36 Å². The maximum absolute atomic E-state index is 12.0. The third-order valence-corrected chi connectivity index (χ3v) is 4.17. The first-order valence-corrected chi connectivity index (χ1v) is 9.49. The van der Waals surface area contributed by atoms with Crippen LogP contribution in [0.4, 0.5) is 0 Å². The first kappa shape index (κ1) is 21.6. The zero-order valence-electron chi connectivity index (χ0n) is 16.9. The average molecular weight is 388 g/mol. The number of rotatable bonds is 10. The molecule has 0 aliphatic heterocycles. The lowest BCUT2D eigenvalue weighted by molar-refractivity contribution is -0.156. The smallest absolute Gasteiger partial charge is 0.335 e. The fourth-order valence-electron chi connectivity index (χ4n) is 2.87. The molecule has 0 amide bonds. The Morgan fingerprint density at radius 1 is 1.14 bits per heavy atom. The van der Waals surface area contributed by atoms with Crippen LogP contribution in [0, 0.1) is 13.8 Å². The normalized spacial score (nSPS) is 11.9. The van der Waals surface area contributed by atoms with Gasteiger partial charge in [0.2, 0.25) is 0 Å². The second kappa shape index (κ2) is 10.6. The molecule has 0 fully saturated rings. The van der Waals surface area contributed by atoms with Crippen molar-refractivity contribution in [1.82, 2.24) is 9.55 Å². The summed E-state index contributed by atoms with van der Waals surface area (Å²) in [6.45, 7) is 8.78. The van der Waals surface area contributed by atoms with Crippen molar-refractivity contribution in [3.05, 3.63) is 57.8 Å². The fourth-order valence-corrected chi connectivity index (χ4v) is 2.87. The Kier molecular flexibility index (Phi) is 8.19. The van der Waals surface area contributed by atoms with E-state index in [1.807, 2.05) is 38.1 Å². The predicted octanol–water partition coefficient (Wildman–Crippen LogP) is 2.45. The predicted molar refractivity (Wildman–Crippen MR) is 106 cm³/mol. The summed E-state index contributed by atoms with van der Waals surface area (Å²) in [6.07, 6.45) is -0.170. The highest BCUT2D eigenvalue weighted by Gasteiger charge is 2.20. The summed E-state index contributed by atoms with van der Waals surface area (Å²) in [5.74, 6) is 1.01. The fraction of sp³-hybridized carbons (Fsp3) is 0.476. The summed E-state index contributed by atoms with van der Waals surface area (Å²) < 4.78 is 17.9. The molecule has 28 heavy (non-hydrogen) atoms. The van der Waals surface area contributed by atoms with E-state index in [1.165, 1.54) is 6.07 Å².